The minimum absolute atomic E-state index is 0.0114. The number of nitrogens with one attached hydrogen (secondary N) is 1. The first-order valence-corrected chi connectivity index (χ1v) is 13.1. The molecule has 190 valence electrons. The van der Waals surface area contributed by atoms with Crippen LogP contribution in [0.1, 0.15) is 83.4 Å². The predicted octanol–water partition coefficient (Wildman–Crippen LogP) is 9.20. The van der Waals surface area contributed by atoms with Crippen molar-refractivity contribution < 1.29 is 13.6 Å². The van der Waals surface area contributed by atoms with Crippen LogP contribution in [0.2, 0.25) is 0 Å². The molecule has 2 aliphatic rings. The molecule has 1 aromatic carbocycles. The van der Waals surface area contributed by atoms with E-state index < -0.39 is 5.92 Å². The summed E-state index contributed by atoms with van der Waals surface area (Å²) in [6.45, 7) is 7.17. The highest BCUT2D eigenvalue weighted by atomic mass is 19.3. The van der Waals surface area contributed by atoms with E-state index in [1.165, 1.54) is 42.5 Å². The number of H-pyrrole nitrogens is 1. The Kier molecular flexibility index (Phi) is 7.92. The molecule has 0 bridgehead atoms. The summed E-state index contributed by atoms with van der Waals surface area (Å²) in [6, 6.07) is 10.1. The number of alkyl halides is 2. The monoisotopic (exact) mass is 489 g/mol. The van der Waals surface area contributed by atoms with E-state index >= 15 is 0 Å². The second-order valence-corrected chi connectivity index (χ2v) is 10.6. The van der Waals surface area contributed by atoms with Crippen LogP contribution in [0.3, 0.4) is 0 Å². The van der Waals surface area contributed by atoms with E-state index in [9.17, 15) is 13.6 Å². The van der Waals surface area contributed by atoms with Crippen molar-refractivity contribution in [1.82, 2.24) is 4.98 Å². The molecule has 2 aromatic rings. The number of carbonyl (C=O) groups excluding carboxylic acids is 1. The van der Waals surface area contributed by atoms with Crippen LogP contribution in [-0.2, 0) is 10.7 Å². The fraction of sp³-hybridized carbons (Fsp3) is 0.406. The summed E-state index contributed by atoms with van der Waals surface area (Å²) in [5.41, 5.74) is 8.01. The zero-order valence-electron chi connectivity index (χ0n) is 21.8. The summed E-state index contributed by atoms with van der Waals surface area (Å²) < 4.78 is 27.0. The van der Waals surface area contributed by atoms with Crippen LogP contribution in [0.4, 0.5) is 8.78 Å². The molecule has 0 amide bonds. The Bertz CT molecular complexity index is 1220. The van der Waals surface area contributed by atoms with Gasteiger partial charge in [-0.25, -0.2) is 8.78 Å². The first kappa shape index (κ1) is 26.1. The molecular formula is C32H37F2NO. The standard InChI is InChI=1S/C32H37F2NO/c1-21(8-9-24-10-12-25-7-5-6-22(2)28(25)17-11-24)20-31(36)23(3)29-18-19-30(35-29)26-13-15-27(16-14-26)32(4,33)34/h10-16,18-20,22-23,35H,5-9,17H2,1-4H3. The minimum atomic E-state index is -2.86. The van der Waals surface area contributed by atoms with Crippen molar-refractivity contribution in [2.45, 2.75) is 78.1 Å². The van der Waals surface area contributed by atoms with E-state index in [-0.39, 0.29) is 17.3 Å². The summed E-state index contributed by atoms with van der Waals surface area (Å²) in [5.74, 6) is -2.41. The van der Waals surface area contributed by atoms with Crippen LogP contribution in [0.25, 0.3) is 11.3 Å². The molecule has 0 fully saturated rings. The molecule has 4 heteroatoms. The Hall–Kier alpha value is -3.01. The number of hydrogen-bond donors (Lipinski definition) is 1. The van der Waals surface area contributed by atoms with Crippen molar-refractivity contribution in [3.63, 3.8) is 0 Å². The average molecular weight is 490 g/mol. The van der Waals surface area contributed by atoms with Gasteiger partial charge in [-0.1, -0.05) is 66.1 Å². The molecule has 1 aromatic heterocycles. The van der Waals surface area contributed by atoms with Crippen molar-refractivity contribution in [3.05, 3.63) is 94.3 Å². The zero-order chi connectivity index (χ0) is 25.9. The number of benzene rings is 1. The van der Waals surface area contributed by atoms with Gasteiger partial charge in [-0.05, 0) is 87.6 Å². The molecule has 4 rings (SSSR count). The summed E-state index contributed by atoms with van der Waals surface area (Å²) in [5, 5.41) is 0. The number of allylic oxidation sites excluding steroid dienone is 8. The number of rotatable bonds is 8. The Morgan fingerprint density at radius 1 is 1.17 bits per heavy atom. The minimum Gasteiger partial charge on any atom is -0.358 e. The highest BCUT2D eigenvalue weighted by molar-refractivity contribution is 5.95. The Morgan fingerprint density at radius 2 is 1.92 bits per heavy atom. The number of carbonyl (C=O) groups is 1. The van der Waals surface area contributed by atoms with Gasteiger partial charge in [-0.2, -0.15) is 0 Å². The molecule has 0 spiro atoms. The number of aromatic amines is 1. The summed E-state index contributed by atoms with van der Waals surface area (Å²) >= 11 is 0. The van der Waals surface area contributed by atoms with Crippen LogP contribution in [0, 0.1) is 5.92 Å². The molecule has 1 N–H and O–H groups in total. The lowest BCUT2D eigenvalue weighted by molar-refractivity contribution is -0.115. The van der Waals surface area contributed by atoms with Crippen LogP contribution in [0.5, 0.6) is 0 Å². The second-order valence-electron chi connectivity index (χ2n) is 10.6. The number of halogens is 2. The highest BCUT2D eigenvalue weighted by Crippen LogP contribution is 2.35. The van der Waals surface area contributed by atoms with Crippen LogP contribution in [0.15, 0.2) is 83.0 Å². The summed E-state index contributed by atoms with van der Waals surface area (Å²) in [6.07, 6.45) is 15.4. The number of hydrogen-bond acceptors (Lipinski definition) is 1. The fourth-order valence-electron chi connectivity index (χ4n) is 5.18. The van der Waals surface area contributed by atoms with Gasteiger partial charge < -0.3 is 4.98 Å². The lowest BCUT2D eigenvalue weighted by Gasteiger charge is -2.23. The highest BCUT2D eigenvalue weighted by Gasteiger charge is 2.24. The van der Waals surface area contributed by atoms with Gasteiger partial charge in [-0.15, -0.1) is 0 Å². The molecule has 0 saturated heterocycles. The molecule has 1 heterocycles. The topological polar surface area (TPSA) is 32.9 Å². The van der Waals surface area contributed by atoms with E-state index in [4.69, 9.17) is 0 Å². The normalized spacial score (nSPS) is 19.6. The lowest BCUT2D eigenvalue weighted by atomic mass is 9.82. The Morgan fingerprint density at radius 3 is 2.64 bits per heavy atom. The molecule has 0 aliphatic heterocycles. The predicted molar refractivity (Wildman–Crippen MR) is 144 cm³/mol. The third kappa shape index (κ3) is 6.21. The van der Waals surface area contributed by atoms with Gasteiger partial charge in [0.2, 0.25) is 0 Å². The first-order chi connectivity index (χ1) is 17.1. The third-order valence-electron chi connectivity index (χ3n) is 7.67. The number of aromatic nitrogens is 1. The molecule has 2 aliphatic carbocycles. The largest absolute Gasteiger partial charge is 0.358 e. The summed E-state index contributed by atoms with van der Waals surface area (Å²) in [7, 11) is 0. The van der Waals surface area contributed by atoms with Gasteiger partial charge in [0.1, 0.15) is 0 Å². The molecule has 2 nitrogen and oxygen atoms in total. The SMILES string of the molecule is CC(=CC(=O)C(C)c1ccc(-c2ccc(C(C)(F)F)cc2)[nH]1)CCC1=CCC2=C(C=C1)CCCC2C. The van der Waals surface area contributed by atoms with Gasteiger partial charge in [0.15, 0.2) is 5.78 Å². The molecule has 36 heavy (non-hydrogen) atoms. The van der Waals surface area contributed by atoms with Gasteiger partial charge >= 0.3 is 0 Å². The lowest BCUT2D eigenvalue weighted by Crippen LogP contribution is -2.07. The zero-order valence-corrected chi connectivity index (χ0v) is 21.8. The van der Waals surface area contributed by atoms with Crippen molar-refractivity contribution in [2.75, 3.05) is 0 Å². The second kappa shape index (κ2) is 10.9. The van der Waals surface area contributed by atoms with Crippen LogP contribution in [-0.4, -0.2) is 10.8 Å². The van der Waals surface area contributed by atoms with Gasteiger partial charge in [0.05, 0.1) is 5.92 Å². The maximum Gasteiger partial charge on any atom is 0.270 e. The van der Waals surface area contributed by atoms with Gasteiger partial charge in [0.25, 0.3) is 5.92 Å². The molecule has 2 atom stereocenters. The van der Waals surface area contributed by atoms with E-state index in [1.807, 2.05) is 26.0 Å². The molecule has 2 unspecified atom stereocenters. The molecular weight excluding hydrogens is 452 g/mol. The number of ketones is 1. The van der Waals surface area contributed by atoms with E-state index in [1.54, 1.807) is 23.8 Å². The van der Waals surface area contributed by atoms with E-state index in [2.05, 4.69) is 30.1 Å². The maximum atomic E-state index is 13.5. The molecule has 0 radical (unpaired) electrons. The molecule has 0 saturated carbocycles. The summed E-state index contributed by atoms with van der Waals surface area (Å²) in [4.78, 5) is 16.3. The smallest absolute Gasteiger partial charge is 0.270 e. The van der Waals surface area contributed by atoms with Crippen molar-refractivity contribution in [2.24, 2.45) is 5.92 Å². The van der Waals surface area contributed by atoms with Crippen molar-refractivity contribution >= 4 is 5.78 Å². The van der Waals surface area contributed by atoms with Crippen molar-refractivity contribution in [3.8, 4) is 11.3 Å². The van der Waals surface area contributed by atoms with Gasteiger partial charge in [0, 0.05) is 23.9 Å². The van der Waals surface area contributed by atoms with E-state index in [0.29, 0.717) is 5.92 Å². The van der Waals surface area contributed by atoms with Crippen LogP contribution >= 0.6 is 0 Å². The fourth-order valence-corrected chi connectivity index (χ4v) is 5.18. The first-order valence-electron chi connectivity index (χ1n) is 13.1. The van der Waals surface area contributed by atoms with Crippen LogP contribution < -0.4 is 0 Å². The average Bonchev–Trinajstić information content (AvgIpc) is 3.24. The quantitative estimate of drug-likeness (QED) is 0.368. The van der Waals surface area contributed by atoms with Crippen molar-refractivity contribution in [1.29, 1.82) is 0 Å². The third-order valence-corrected chi connectivity index (χ3v) is 7.67. The van der Waals surface area contributed by atoms with E-state index in [0.717, 1.165) is 48.7 Å². The Labute approximate surface area is 213 Å². The van der Waals surface area contributed by atoms with Gasteiger partial charge in [-0.3, -0.25) is 4.79 Å². The maximum absolute atomic E-state index is 13.5. The Balaban J connectivity index is 1.35.